The summed E-state index contributed by atoms with van der Waals surface area (Å²) in [6, 6.07) is 7.15. The van der Waals surface area contributed by atoms with E-state index in [1.54, 1.807) is 6.07 Å². The number of benzene rings is 1. The Kier molecular flexibility index (Phi) is 6.12. The van der Waals surface area contributed by atoms with Gasteiger partial charge in [0.25, 0.3) is 0 Å². The second-order valence-corrected chi connectivity index (χ2v) is 6.84. The van der Waals surface area contributed by atoms with Crippen molar-refractivity contribution in [2.45, 2.75) is 44.9 Å². The first-order valence-electron chi connectivity index (χ1n) is 7.68. The van der Waals surface area contributed by atoms with E-state index in [0.717, 1.165) is 36.3 Å². The van der Waals surface area contributed by atoms with Gasteiger partial charge < -0.3 is 9.73 Å². The Morgan fingerprint density at radius 3 is 2.81 bits per heavy atom. The monoisotopic (exact) mass is 309 g/mol. The normalized spacial score (nSPS) is 14.5. The molecule has 0 saturated heterocycles. The molecule has 0 amide bonds. The third kappa shape index (κ3) is 4.24. The van der Waals surface area contributed by atoms with Crippen molar-refractivity contribution in [2.75, 3.05) is 12.3 Å². The maximum atomic E-state index is 13.8. The summed E-state index contributed by atoms with van der Waals surface area (Å²) in [7, 11) is 0. The van der Waals surface area contributed by atoms with Gasteiger partial charge in [-0.1, -0.05) is 32.9 Å². The minimum absolute atomic E-state index is 0.135. The molecule has 0 saturated carbocycles. The fraction of sp³-hybridized carbons (Fsp3) is 0.529. The van der Waals surface area contributed by atoms with Crippen molar-refractivity contribution in [3.63, 3.8) is 0 Å². The van der Waals surface area contributed by atoms with Crippen LogP contribution in [0, 0.1) is 5.82 Å². The van der Waals surface area contributed by atoms with Gasteiger partial charge in [-0.15, -0.1) is 0 Å². The molecule has 0 spiro atoms. The molecule has 0 aliphatic heterocycles. The zero-order chi connectivity index (χ0) is 15.2. The number of rotatable bonds is 8. The zero-order valence-electron chi connectivity index (χ0n) is 13.0. The molecule has 1 N–H and O–H groups in total. The first-order valence-corrected chi connectivity index (χ1v) is 8.73. The first kappa shape index (κ1) is 16.4. The Balaban J connectivity index is 2.18. The Morgan fingerprint density at radius 2 is 2.14 bits per heavy atom. The molecule has 0 bridgehead atoms. The van der Waals surface area contributed by atoms with Gasteiger partial charge >= 0.3 is 0 Å². The molecule has 1 aromatic heterocycles. The summed E-state index contributed by atoms with van der Waals surface area (Å²) in [5.74, 6) is 1.48. The largest absolute Gasteiger partial charge is 0.456 e. The smallest absolute Gasteiger partial charge is 0.169 e. The third-order valence-electron chi connectivity index (χ3n) is 3.62. The van der Waals surface area contributed by atoms with Crippen LogP contribution in [0.3, 0.4) is 0 Å². The maximum Gasteiger partial charge on any atom is 0.169 e. The predicted molar refractivity (Wildman–Crippen MR) is 89.4 cm³/mol. The highest BCUT2D eigenvalue weighted by molar-refractivity contribution is 7.99. The summed E-state index contributed by atoms with van der Waals surface area (Å²) in [6.45, 7) is 7.51. The molecule has 1 aromatic carbocycles. The van der Waals surface area contributed by atoms with Gasteiger partial charge in [0.2, 0.25) is 0 Å². The second kappa shape index (κ2) is 7.85. The van der Waals surface area contributed by atoms with Crippen molar-refractivity contribution < 1.29 is 8.81 Å². The zero-order valence-corrected chi connectivity index (χ0v) is 13.8. The highest BCUT2D eigenvalue weighted by Gasteiger charge is 2.18. The van der Waals surface area contributed by atoms with Crippen LogP contribution in [0.5, 0.6) is 0 Å². The summed E-state index contributed by atoms with van der Waals surface area (Å²) in [4.78, 5) is 0. The standard InChI is InChI=1S/C17H24FNOS/c1-4-9-19-15(11-21-12(3)5-2)16-10-13-7-6-8-14(18)17(13)20-16/h6-8,10,12,15,19H,4-5,9,11H2,1-3H3. The minimum atomic E-state index is -0.289. The summed E-state index contributed by atoms with van der Waals surface area (Å²) in [5.41, 5.74) is 0.365. The molecular formula is C17H24FNOS. The number of thioether (sulfide) groups is 1. The molecule has 2 aromatic rings. The molecule has 0 aliphatic rings. The molecule has 4 heteroatoms. The molecule has 116 valence electrons. The van der Waals surface area contributed by atoms with E-state index < -0.39 is 0 Å². The lowest BCUT2D eigenvalue weighted by Crippen LogP contribution is -2.24. The molecule has 1 heterocycles. The van der Waals surface area contributed by atoms with E-state index >= 15 is 0 Å². The molecule has 2 unspecified atom stereocenters. The molecular weight excluding hydrogens is 285 g/mol. The van der Waals surface area contributed by atoms with Crippen LogP contribution < -0.4 is 5.32 Å². The van der Waals surface area contributed by atoms with E-state index in [1.807, 2.05) is 23.9 Å². The van der Waals surface area contributed by atoms with E-state index in [0.29, 0.717) is 10.8 Å². The number of hydrogen-bond acceptors (Lipinski definition) is 3. The fourth-order valence-corrected chi connectivity index (χ4v) is 3.20. The first-order chi connectivity index (χ1) is 10.2. The minimum Gasteiger partial charge on any atom is -0.456 e. The Bertz CT molecular complexity index is 569. The number of furan rings is 1. The van der Waals surface area contributed by atoms with E-state index in [2.05, 4.69) is 26.1 Å². The SMILES string of the molecule is CCCNC(CSC(C)CC)c1cc2cccc(F)c2o1. The molecule has 2 rings (SSSR count). The van der Waals surface area contributed by atoms with Crippen molar-refractivity contribution in [3.05, 3.63) is 35.8 Å². The van der Waals surface area contributed by atoms with Crippen LogP contribution in [0.4, 0.5) is 4.39 Å². The molecule has 2 atom stereocenters. The number of para-hydroxylation sites is 1. The topological polar surface area (TPSA) is 25.2 Å². The van der Waals surface area contributed by atoms with Crippen LogP contribution in [0.15, 0.2) is 28.7 Å². The number of hydrogen-bond donors (Lipinski definition) is 1. The second-order valence-electron chi connectivity index (χ2n) is 5.37. The van der Waals surface area contributed by atoms with Crippen molar-refractivity contribution in [1.82, 2.24) is 5.32 Å². The van der Waals surface area contributed by atoms with Gasteiger partial charge in [0.1, 0.15) is 5.76 Å². The molecule has 2 nitrogen and oxygen atoms in total. The van der Waals surface area contributed by atoms with E-state index in [-0.39, 0.29) is 11.9 Å². The summed E-state index contributed by atoms with van der Waals surface area (Å²) >= 11 is 1.93. The van der Waals surface area contributed by atoms with E-state index in [4.69, 9.17) is 4.42 Å². The highest BCUT2D eigenvalue weighted by Crippen LogP contribution is 2.29. The highest BCUT2D eigenvalue weighted by atomic mass is 32.2. The Morgan fingerprint density at radius 1 is 1.33 bits per heavy atom. The van der Waals surface area contributed by atoms with Gasteiger partial charge in [0.15, 0.2) is 11.4 Å². The fourth-order valence-electron chi connectivity index (χ4n) is 2.16. The Hall–Kier alpha value is -1.00. The molecule has 21 heavy (non-hydrogen) atoms. The third-order valence-corrected chi connectivity index (χ3v) is 5.05. The van der Waals surface area contributed by atoms with Gasteiger partial charge in [-0.2, -0.15) is 11.8 Å². The molecule has 0 fully saturated rings. The average Bonchev–Trinajstić information content (AvgIpc) is 2.92. The lowest BCUT2D eigenvalue weighted by atomic mass is 10.2. The lowest BCUT2D eigenvalue weighted by molar-refractivity contribution is 0.447. The van der Waals surface area contributed by atoms with Crippen LogP contribution in [0.2, 0.25) is 0 Å². The molecule has 0 radical (unpaired) electrons. The Labute approximate surface area is 130 Å². The average molecular weight is 309 g/mol. The van der Waals surface area contributed by atoms with Gasteiger partial charge in [-0.05, 0) is 31.5 Å². The van der Waals surface area contributed by atoms with Crippen LogP contribution >= 0.6 is 11.8 Å². The van der Waals surface area contributed by atoms with Crippen molar-refractivity contribution in [1.29, 1.82) is 0 Å². The van der Waals surface area contributed by atoms with Crippen LogP contribution in [-0.4, -0.2) is 17.5 Å². The number of nitrogens with one attached hydrogen (secondary N) is 1. The van der Waals surface area contributed by atoms with Crippen molar-refractivity contribution in [2.24, 2.45) is 0 Å². The quantitative estimate of drug-likeness (QED) is 0.730. The van der Waals surface area contributed by atoms with Crippen molar-refractivity contribution >= 4 is 22.7 Å². The number of fused-ring (bicyclic) bond motifs is 1. The summed E-state index contributed by atoms with van der Waals surface area (Å²) in [5, 5.41) is 4.97. The lowest BCUT2D eigenvalue weighted by Gasteiger charge is -2.18. The van der Waals surface area contributed by atoms with Gasteiger partial charge in [0, 0.05) is 16.4 Å². The van der Waals surface area contributed by atoms with Crippen LogP contribution in [-0.2, 0) is 0 Å². The summed E-state index contributed by atoms with van der Waals surface area (Å²) in [6.07, 6.45) is 2.22. The maximum absolute atomic E-state index is 13.8. The van der Waals surface area contributed by atoms with Crippen molar-refractivity contribution in [3.8, 4) is 0 Å². The van der Waals surface area contributed by atoms with Gasteiger partial charge in [0.05, 0.1) is 6.04 Å². The van der Waals surface area contributed by atoms with Gasteiger partial charge in [-0.3, -0.25) is 0 Å². The molecule has 0 aliphatic carbocycles. The predicted octanol–water partition coefficient (Wildman–Crippen LogP) is 5.14. The van der Waals surface area contributed by atoms with E-state index in [1.165, 1.54) is 6.07 Å². The number of halogens is 1. The van der Waals surface area contributed by atoms with Gasteiger partial charge in [-0.25, -0.2) is 4.39 Å². The van der Waals surface area contributed by atoms with Crippen LogP contribution in [0.25, 0.3) is 11.0 Å². The van der Waals surface area contributed by atoms with Crippen LogP contribution in [0.1, 0.15) is 45.4 Å². The van der Waals surface area contributed by atoms with E-state index in [9.17, 15) is 4.39 Å². The summed E-state index contributed by atoms with van der Waals surface area (Å²) < 4.78 is 19.5.